The van der Waals surface area contributed by atoms with Gasteiger partial charge in [0.2, 0.25) is 0 Å². The molecule has 0 amide bonds. The van der Waals surface area contributed by atoms with Crippen molar-refractivity contribution in [2.24, 2.45) is 5.92 Å². The van der Waals surface area contributed by atoms with Crippen molar-refractivity contribution in [3.63, 3.8) is 0 Å². The Balaban J connectivity index is -0.000000309. The first-order chi connectivity index (χ1) is 5.52. The average Bonchev–Trinajstić information content (AvgIpc) is 1.87. The number of hydrogen-bond donors (Lipinski definition) is 0. The Kier molecular flexibility index (Phi) is 16.2. The minimum Gasteiger partial charge on any atom is -0.100 e. The molecule has 0 aliphatic carbocycles. The summed E-state index contributed by atoms with van der Waals surface area (Å²) in [5.74, 6) is 0.718. The smallest absolute Gasteiger partial charge is 0.0297 e. The molecule has 80 valence electrons. The summed E-state index contributed by atoms with van der Waals surface area (Å²) in [6, 6.07) is 0. The lowest BCUT2D eigenvalue weighted by Gasteiger charge is -2.09. The molecular weight excluding hydrogens is 156 g/mol. The van der Waals surface area contributed by atoms with Crippen LogP contribution in [0.15, 0.2) is 24.3 Å². The van der Waals surface area contributed by atoms with E-state index in [0.29, 0.717) is 0 Å². The first-order valence-corrected chi connectivity index (χ1v) is 4.81. The molecule has 0 radical (unpaired) electrons. The van der Waals surface area contributed by atoms with Crippen molar-refractivity contribution < 1.29 is 0 Å². The highest BCUT2D eigenvalue weighted by molar-refractivity contribution is 4.95. The molecule has 0 aromatic rings. The van der Waals surface area contributed by atoms with Crippen molar-refractivity contribution in [2.45, 2.75) is 54.9 Å². The second-order valence-electron chi connectivity index (χ2n) is 3.43. The van der Waals surface area contributed by atoms with Crippen LogP contribution in [-0.4, -0.2) is 0 Å². The van der Waals surface area contributed by atoms with Crippen LogP contribution >= 0.6 is 0 Å². The van der Waals surface area contributed by atoms with E-state index >= 15 is 0 Å². The predicted molar refractivity (Wildman–Crippen MR) is 66.1 cm³/mol. The van der Waals surface area contributed by atoms with Gasteiger partial charge in [-0.05, 0) is 32.6 Å². The Labute approximate surface area is 85.8 Å². The summed E-state index contributed by atoms with van der Waals surface area (Å²) in [7, 11) is 0. The van der Waals surface area contributed by atoms with E-state index in [-0.39, 0.29) is 7.43 Å². The minimum absolute atomic E-state index is 0. The number of hydrogen-bond acceptors (Lipinski definition) is 0. The van der Waals surface area contributed by atoms with Gasteiger partial charge >= 0.3 is 0 Å². The third kappa shape index (κ3) is 18.4. The zero-order chi connectivity index (χ0) is 10.1. The maximum absolute atomic E-state index is 3.87. The van der Waals surface area contributed by atoms with Gasteiger partial charge in [0, 0.05) is 0 Å². The molecule has 0 N–H and O–H groups in total. The zero-order valence-corrected chi connectivity index (χ0v) is 9.41. The summed E-state index contributed by atoms with van der Waals surface area (Å²) in [5, 5.41) is 0. The van der Waals surface area contributed by atoms with E-state index in [4.69, 9.17) is 0 Å². The highest BCUT2D eigenvalue weighted by atomic mass is 14.1. The first kappa shape index (κ1) is 18.3. The fourth-order valence-corrected chi connectivity index (χ4v) is 1.26. The molecule has 0 aromatic carbocycles. The van der Waals surface area contributed by atoms with Crippen molar-refractivity contribution in [2.75, 3.05) is 0 Å². The summed E-state index contributed by atoms with van der Waals surface area (Å²) >= 11 is 0. The molecule has 0 atom stereocenters. The summed E-state index contributed by atoms with van der Waals surface area (Å²) in [5.41, 5.74) is 2.54. The van der Waals surface area contributed by atoms with Gasteiger partial charge in [-0.25, -0.2) is 0 Å². The molecule has 0 fully saturated rings. The fraction of sp³-hybridized carbons (Fsp3) is 0.692. The van der Waals surface area contributed by atoms with E-state index in [1.165, 1.54) is 11.1 Å². The summed E-state index contributed by atoms with van der Waals surface area (Å²) in [6.45, 7) is 18.1. The van der Waals surface area contributed by atoms with Gasteiger partial charge in [-0.15, -0.1) is 13.2 Å². The van der Waals surface area contributed by atoms with E-state index in [0.717, 1.165) is 18.8 Å². The third-order valence-electron chi connectivity index (χ3n) is 1.39. The normalized spacial score (nSPS) is 8.15. The molecule has 13 heavy (non-hydrogen) atoms. The van der Waals surface area contributed by atoms with Crippen LogP contribution in [0, 0.1) is 5.92 Å². The van der Waals surface area contributed by atoms with Gasteiger partial charge in [0.25, 0.3) is 0 Å². The summed E-state index contributed by atoms with van der Waals surface area (Å²) in [6.07, 6.45) is 2.26. The van der Waals surface area contributed by atoms with Crippen LogP contribution in [0.25, 0.3) is 0 Å². The second-order valence-corrected chi connectivity index (χ2v) is 3.43. The minimum atomic E-state index is 0. The van der Waals surface area contributed by atoms with Crippen LogP contribution in [0.3, 0.4) is 0 Å². The molecule has 0 saturated carbocycles. The molecule has 0 heteroatoms. The largest absolute Gasteiger partial charge is 0.100 e. The monoisotopic (exact) mass is 184 g/mol. The average molecular weight is 184 g/mol. The molecule has 0 aromatic heterocycles. The number of allylic oxidation sites excluding steroid dienone is 2. The molecule has 0 bridgehead atoms. The van der Waals surface area contributed by atoms with Crippen LogP contribution in [-0.2, 0) is 0 Å². The van der Waals surface area contributed by atoms with Crippen molar-refractivity contribution in [1.29, 1.82) is 0 Å². The lowest BCUT2D eigenvalue weighted by molar-refractivity contribution is 0.572. The first-order valence-electron chi connectivity index (χ1n) is 4.81. The Morgan fingerprint density at radius 1 is 1.00 bits per heavy atom. The lowest BCUT2D eigenvalue weighted by Crippen LogP contribution is -1.94. The molecule has 0 unspecified atom stereocenters. The molecule has 0 aliphatic heterocycles. The fourth-order valence-electron chi connectivity index (χ4n) is 1.26. The van der Waals surface area contributed by atoms with E-state index in [2.05, 4.69) is 33.9 Å². The molecule has 0 heterocycles. The molecule has 0 rings (SSSR count). The van der Waals surface area contributed by atoms with Gasteiger partial charge < -0.3 is 0 Å². The second kappa shape index (κ2) is 11.5. The van der Waals surface area contributed by atoms with Crippen LogP contribution in [0.1, 0.15) is 54.9 Å². The molecule has 0 aliphatic rings. The topological polar surface area (TPSA) is 0 Å². The predicted octanol–water partition coefficient (Wildman–Crippen LogP) is 5.22. The highest BCUT2D eigenvalue weighted by Crippen LogP contribution is 2.16. The maximum Gasteiger partial charge on any atom is -0.0297 e. The SMILES string of the molecule is C.C=C(C)CC(C)CC(=C)C.CC. The van der Waals surface area contributed by atoms with E-state index in [1.807, 2.05) is 13.8 Å². The van der Waals surface area contributed by atoms with Crippen LogP contribution < -0.4 is 0 Å². The lowest BCUT2D eigenvalue weighted by atomic mass is 9.97. The van der Waals surface area contributed by atoms with Gasteiger partial charge in [-0.1, -0.05) is 39.3 Å². The molecular formula is C13H28. The summed E-state index contributed by atoms with van der Waals surface area (Å²) in [4.78, 5) is 0. The van der Waals surface area contributed by atoms with Gasteiger partial charge in [-0.3, -0.25) is 0 Å². The van der Waals surface area contributed by atoms with Gasteiger partial charge in [0.05, 0.1) is 0 Å². The van der Waals surface area contributed by atoms with Crippen molar-refractivity contribution >= 4 is 0 Å². The zero-order valence-electron chi connectivity index (χ0n) is 9.41. The Morgan fingerprint density at radius 2 is 1.23 bits per heavy atom. The van der Waals surface area contributed by atoms with Gasteiger partial charge in [0.1, 0.15) is 0 Å². The van der Waals surface area contributed by atoms with E-state index in [1.54, 1.807) is 0 Å². The van der Waals surface area contributed by atoms with Crippen molar-refractivity contribution in [3.8, 4) is 0 Å². The van der Waals surface area contributed by atoms with E-state index < -0.39 is 0 Å². The Bertz CT molecular complexity index is 115. The molecule has 0 spiro atoms. The third-order valence-corrected chi connectivity index (χ3v) is 1.39. The molecule has 0 nitrogen and oxygen atoms in total. The Morgan fingerprint density at radius 3 is 1.38 bits per heavy atom. The van der Waals surface area contributed by atoms with Crippen LogP contribution in [0.4, 0.5) is 0 Å². The Hall–Kier alpha value is -0.520. The standard InChI is InChI=1S/C10H18.C2H6.CH4/c1-8(2)6-10(5)7-9(3)4;1-2;/h10H,1,3,6-7H2,2,4-5H3;1-2H3;1H4. The highest BCUT2D eigenvalue weighted by Gasteiger charge is 2.00. The maximum atomic E-state index is 3.87. The van der Waals surface area contributed by atoms with Gasteiger partial charge in [0.15, 0.2) is 0 Å². The van der Waals surface area contributed by atoms with E-state index in [9.17, 15) is 0 Å². The van der Waals surface area contributed by atoms with Gasteiger partial charge in [-0.2, -0.15) is 0 Å². The summed E-state index contributed by atoms with van der Waals surface area (Å²) < 4.78 is 0. The van der Waals surface area contributed by atoms with Crippen LogP contribution in [0.5, 0.6) is 0 Å². The quantitative estimate of drug-likeness (QED) is 0.526. The van der Waals surface area contributed by atoms with Crippen molar-refractivity contribution in [3.05, 3.63) is 24.3 Å². The van der Waals surface area contributed by atoms with Crippen LogP contribution in [0.2, 0.25) is 0 Å². The number of rotatable bonds is 4. The van der Waals surface area contributed by atoms with Crippen molar-refractivity contribution in [1.82, 2.24) is 0 Å². The molecule has 0 saturated heterocycles.